The first kappa shape index (κ1) is 8.88. The summed E-state index contributed by atoms with van der Waals surface area (Å²) in [6, 6.07) is 5.74. The normalized spacial score (nSPS) is 14.1. The lowest BCUT2D eigenvalue weighted by Gasteiger charge is -2.17. The number of benzene rings is 1. The fourth-order valence-corrected chi connectivity index (χ4v) is 1.41. The standard InChI is InChI=1S/C12H12O2/c1-8-7-14-12-6-10(13-3)4-5-11(12)9(8)2/h4-7H,2H2,1,3H3. The van der Waals surface area contributed by atoms with E-state index >= 15 is 0 Å². The molecule has 0 amide bonds. The van der Waals surface area contributed by atoms with Gasteiger partial charge in [0.1, 0.15) is 11.5 Å². The lowest BCUT2D eigenvalue weighted by atomic mass is 9.99. The molecule has 0 spiro atoms. The predicted molar refractivity (Wildman–Crippen MR) is 56.4 cm³/mol. The van der Waals surface area contributed by atoms with Crippen molar-refractivity contribution >= 4 is 5.57 Å². The highest BCUT2D eigenvalue weighted by atomic mass is 16.5. The molecular formula is C12H12O2. The van der Waals surface area contributed by atoms with E-state index in [0.29, 0.717) is 0 Å². The van der Waals surface area contributed by atoms with E-state index in [0.717, 1.165) is 28.2 Å². The van der Waals surface area contributed by atoms with Crippen molar-refractivity contribution in [1.82, 2.24) is 0 Å². The van der Waals surface area contributed by atoms with Crippen molar-refractivity contribution in [3.8, 4) is 11.5 Å². The fraction of sp³-hybridized carbons (Fsp3) is 0.167. The van der Waals surface area contributed by atoms with Gasteiger partial charge in [-0.15, -0.1) is 0 Å². The molecule has 1 aromatic carbocycles. The summed E-state index contributed by atoms with van der Waals surface area (Å²) in [6.45, 7) is 5.98. The molecule has 1 heterocycles. The van der Waals surface area contributed by atoms with E-state index in [1.165, 1.54) is 0 Å². The molecule has 0 aromatic heterocycles. The highest BCUT2D eigenvalue weighted by Crippen LogP contribution is 2.36. The first-order valence-corrected chi connectivity index (χ1v) is 4.43. The Bertz CT molecular complexity index is 416. The number of ether oxygens (including phenoxy) is 2. The van der Waals surface area contributed by atoms with Crippen molar-refractivity contribution in [2.75, 3.05) is 7.11 Å². The average molecular weight is 188 g/mol. The quantitative estimate of drug-likeness (QED) is 0.674. The van der Waals surface area contributed by atoms with Crippen molar-refractivity contribution < 1.29 is 9.47 Å². The molecule has 72 valence electrons. The first-order chi connectivity index (χ1) is 6.72. The van der Waals surface area contributed by atoms with Crippen LogP contribution in [-0.4, -0.2) is 7.11 Å². The highest BCUT2D eigenvalue weighted by molar-refractivity contribution is 5.81. The van der Waals surface area contributed by atoms with E-state index in [4.69, 9.17) is 9.47 Å². The molecule has 0 bridgehead atoms. The maximum absolute atomic E-state index is 5.45. The lowest BCUT2D eigenvalue weighted by molar-refractivity contribution is 0.407. The maximum atomic E-state index is 5.45. The highest BCUT2D eigenvalue weighted by Gasteiger charge is 2.14. The summed E-state index contributed by atoms with van der Waals surface area (Å²) in [6.07, 6.45) is 1.71. The SMILES string of the molecule is C=C1C(C)=COc2cc(OC)ccc21. The third-order valence-corrected chi connectivity index (χ3v) is 2.35. The zero-order valence-corrected chi connectivity index (χ0v) is 8.33. The molecule has 2 rings (SSSR count). The van der Waals surface area contributed by atoms with E-state index < -0.39 is 0 Å². The molecule has 0 fully saturated rings. The molecule has 0 N–H and O–H groups in total. The van der Waals surface area contributed by atoms with Crippen LogP contribution in [0.15, 0.2) is 36.6 Å². The second-order valence-corrected chi connectivity index (χ2v) is 3.26. The lowest BCUT2D eigenvalue weighted by Crippen LogP contribution is -1.99. The van der Waals surface area contributed by atoms with Crippen molar-refractivity contribution in [2.24, 2.45) is 0 Å². The van der Waals surface area contributed by atoms with Gasteiger partial charge in [0.15, 0.2) is 0 Å². The minimum absolute atomic E-state index is 0.796. The molecule has 0 atom stereocenters. The molecule has 0 radical (unpaired) electrons. The summed E-state index contributed by atoms with van der Waals surface area (Å²) in [5.74, 6) is 1.60. The van der Waals surface area contributed by atoms with Crippen LogP contribution in [0.3, 0.4) is 0 Å². The number of allylic oxidation sites excluding steroid dienone is 2. The van der Waals surface area contributed by atoms with Crippen molar-refractivity contribution in [3.63, 3.8) is 0 Å². The van der Waals surface area contributed by atoms with Gasteiger partial charge in [-0.05, 0) is 30.2 Å². The van der Waals surface area contributed by atoms with Gasteiger partial charge in [0, 0.05) is 11.6 Å². The summed E-state index contributed by atoms with van der Waals surface area (Å²) < 4.78 is 10.6. The van der Waals surface area contributed by atoms with E-state index in [9.17, 15) is 0 Å². The van der Waals surface area contributed by atoms with Crippen LogP contribution in [0.5, 0.6) is 11.5 Å². The van der Waals surface area contributed by atoms with Gasteiger partial charge in [-0.1, -0.05) is 6.58 Å². The molecule has 0 aliphatic carbocycles. The third-order valence-electron chi connectivity index (χ3n) is 2.35. The molecule has 1 aromatic rings. The van der Waals surface area contributed by atoms with Gasteiger partial charge >= 0.3 is 0 Å². The third kappa shape index (κ3) is 1.29. The zero-order valence-electron chi connectivity index (χ0n) is 8.33. The Balaban J connectivity index is 2.49. The number of hydrogen-bond donors (Lipinski definition) is 0. The Morgan fingerprint density at radius 2 is 2.14 bits per heavy atom. The molecule has 2 nitrogen and oxygen atoms in total. The topological polar surface area (TPSA) is 18.5 Å². The van der Waals surface area contributed by atoms with Crippen molar-refractivity contribution in [3.05, 3.63) is 42.2 Å². The molecule has 1 aliphatic rings. The smallest absolute Gasteiger partial charge is 0.138 e. The summed E-state index contributed by atoms with van der Waals surface area (Å²) in [5.41, 5.74) is 3.10. The van der Waals surface area contributed by atoms with Crippen LogP contribution in [0.25, 0.3) is 5.57 Å². The van der Waals surface area contributed by atoms with Crippen LogP contribution < -0.4 is 9.47 Å². The summed E-state index contributed by atoms with van der Waals surface area (Å²) in [4.78, 5) is 0. The summed E-state index contributed by atoms with van der Waals surface area (Å²) in [5, 5.41) is 0. The van der Waals surface area contributed by atoms with Gasteiger partial charge in [-0.2, -0.15) is 0 Å². The second-order valence-electron chi connectivity index (χ2n) is 3.26. The Labute approximate surface area is 83.5 Å². The van der Waals surface area contributed by atoms with Crippen LogP contribution in [0.4, 0.5) is 0 Å². The van der Waals surface area contributed by atoms with Crippen LogP contribution in [0, 0.1) is 0 Å². The predicted octanol–water partition coefficient (Wildman–Crippen LogP) is 3.00. The number of methoxy groups -OCH3 is 1. The van der Waals surface area contributed by atoms with Gasteiger partial charge in [0.25, 0.3) is 0 Å². The molecular weight excluding hydrogens is 176 g/mol. The van der Waals surface area contributed by atoms with Gasteiger partial charge < -0.3 is 9.47 Å². The minimum atomic E-state index is 0.796. The van der Waals surface area contributed by atoms with Crippen molar-refractivity contribution in [2.45, 2.75) is 6.92 Å². The zero-order chi connectivity index (χ0) is 10.1. The van der Waals surface area contributed by atoms with E-state index in [-0.39, 0.29) is 0 Å². The molecule has 0 unspecified atom stereocenters. The first-order valence-electron chi connectivity index (χ1n) is 4.43. The molecule has 14 heavy (non-hydrogen) atoms. The Morgan fingerprint density at radius 1 is 1.36 bits per heavy atom. The molecule has 2 heteroatoms. The largest absolute Gasteiger partial charge is 0.497 e. The second kappa shape index (κ2) is 3.22. The molecule has 1 aliphatic heterocycles. The van der Waals surface area contributed by atoms with Crippen LogP contribution in [0.1, 0.15) is 12.5 Å². The van der Waals surface area contributed by atoms with E-state index in [2.05, 4.69) is 6.58 Å². The summed E-state index contributed by atoms with van der Waals surface area (Å²) in [7, 11) is 1.64. The average Bonchev–Trinajstić information content (AvgIpc) is 2.23. The summed E-state index contributed by atoms with van der Waals surface area (Å²) >= 11 is 0. The van der Waals surface area contributed by atoms with E-state index in [1.54, 1.807) is 13.4 Å². The minimum Gasteiger partial charge on any atom is -0.497 e. The Hall–Kier alpha value is -1.70. The maximum Gasteiger partial charge on any atom is 0.138 e. The van der Waals surface area contributed by atoms with Crippen LogP contribution in [-0.2, 0) is 0 Å². The van der Waals surface area contributed by atoms with Crippen LogP contribution >= 0.6 is 0 Å². The molecule has 0 saturated heterocycles. The fourth-order valence-electron chi connectivity index (χ4n) is 1.41. The van der Waals surface area contributed by atoms with Gasteiger partial charge in [0.2, 0.25) is 0 Å². The van der Waals surface area contributed by atoms with Crippen molar-refractivity contribution in [1.29, 1.82) is 0 Å². The monoisotopic (exact) mass is 188 g/mol. The van der Waals surface area contributed by atoms with E-state index in [1.807, 2.05) is 25.1 Å². The van der Waals surface area contributed by atoms with Crippen LogP contribution in [0.2, 0.25) is 0 Å². The van der Waals surface area contributed by atoms with Gasteiger partial charge in [-0.25, -0.2) is 0 Å². The number of fused-ring (bicyclic) bond motifs is 1. The molecule has 0 saturated carbocycles. The van der Waals surface area contributed by atoms with Gasteiger partial charge in [0.05, 0.1) is 13.4 Å². The number of hydrogen-bond acceptors (Lipinski definition) is 2. The Kier molecular flexibility index (Phi) is 2.04. The van der Waals surface area contributed by atoms with Gasteiger partial charge in [-0.3, -0.25) is 0 Å². The Morgan fingerprint density at radius 3 is 2.86 bits per heavy atom. The number of rotatable bonds is 1.